The fraction of sp³-hybridized carbons (Fsp3) is 0.273. The first kappa shape index (κ1) is 8.76. The summed E-state index contributed by atoms with van der Waals surface area (Å²) in [5.41, 5.74) is 1.35. The lowest BCUT2D eigenvalue weighted by atomic mass is 9.93. The number of nitriles is 1. The van der Waals surface area contributed by atoms with Crippen molar-refractivity contribution in [3.63, 3.8) is 0 Å². The van der Waals surface area contributed by atoms with Gasteiger partial charge in [0, 0.05) is 11.5 Å². The molecule has 1 aromatic rings. The van der Waals surface area contributed by atoms with Crippen LogP contribution < -0.4 is 4.74 Å². The van der Waals surface area contributed by atoms with Crippen molar-refractivity contribution in [2.24, 2.45) is 0 Å². The molecule has 0 saturated carbocycles. The fourth-order valence-electron chi connectivity index (χ4n) is 1.68. The van der Waals surface area contributed by atoms with E-state index in [4.69, 9.17) is 10.00 Å². The Labute approximate surface area is 81.9 Å². The third kappa shape index (κ3) is 1.25. The molecule has 0 aliphatic carbocycles. The zero-order chi connectivity index (χ0) is 9.97. The second kappa shape index (κ2) is 3.51. The van der Waals surface area contributed by atoms with Gasteiger partial charge in [-0.05, 0) is 12.5 Å². The summed E-state index contributed by atoms with van der Waals surface area (Å²) >= 11 is 0. The molecule has 0 aromatic heterocycles. The van der Waals surface area contributed by atoms with Crippen LogP contribution in [0.1, 0.15) is 23.5 Å². The number of para-hydroxylation sites is 1. The molecule has 0 unspecified atom stereocenters. The third-order valence-electron chi connectivity index (χ3n) is 2.40. The van der Waals surface area contributed by atoms with Crippen LogP contribution in [0.15, 0.2) is 18.2 Å². The van der Waals surface area contributed by atoms with Crippen LogP contribution in [0.25, 0.3) is 0 Å². The van der Waals surface area contributed by atoms with Crippen LogP contribution in [0, 0.1) is 11.3 Å². The Kier molecular flexibility index (Phi) is 2.19. The Morgan fingerprint density at radius 3 is 3.14 bits per heavy atom. The van der Waals surface area contributed by atoms with Crippen molar-refractivity contribution in [2.75, 3.05) is 6.61 Å². The van der Waals surface area contributed by atoms with Gasteiger partial charge in [0.25, 0.3) is 0 Å². The summed E-state index contributed by atoms with van der Waals surface area (Å²) in [7, 11) is 0. The highest BCUT2D eigenvalue weighted by Crippen LogP contribution is 2.34. The lowest BCUT2D eigenvalue weighted by Gasteiger charge is -2.22. The first-order valence-electron chi connectivity index (χ1n) is 4.48. The molecule has 0 bridgehead atoms. The first-order valence-corrected chi connectivity index (χ1v) is 4.48. The van der Waals surface area contributed by atoms with E-state index in [0.717, 1.165) is 11.8 Å². The molecule has 14 heavy (non-hydrogen) atoms. The second-order valence-electron chi connectivity index (χ2n) is 3.22. The van der Waals surface area contributed by atoms with Crippen molar-refractivity contribution >= 4 is 6.29 Å². The Morgan fingerprint density at radius 1 is 1.57 bits per heavy atom. The van der Waals surface area contributed by atoms with Crippen molar-refractivity contribution in [1.29, 1.82) is 5.26 Å². The van der Waals surface area contributed by atoms with Crippen molar-refractivity contribution < 1.29 is 9.53 Å². The molecule has 0 spiro atoms. The van der Waals surface area contributed by atoms with Gasteiger partial charge in [0.05, 0.1) is 12.2 Å². The normalized spacial score (nSPS) is 18.9. The molecule has 2 rings (SSSR count). The van der Waals surface area contributed by atoms with Gasteiger partial charge in [-0.3, -0.25) is 0 Å². The van der Waals surface area contributed by atoms with Crippen molar-refractivity contribution in [1.82, 2.24) is 0 Å². The number of fused-ring (bicyclic) bond motifs is 1. The van der Waals surface area contributed by atoms with Crippen LogP contribution in [0.3, 0.4) is 0 Å². The minimum absolute atomic E-state index is 0.118. The van der Waals surface area contributed by atoms with Gasteiger partial charge in [0.1, 0.15) is 18.1 Å². The number of carbonyl (C=O) groups is 1. The fourth-order valence-corrected chi connectivity index (χ4v) is 1.68. The topological polar surface area (TPSA) is 50.1 Å². The standard InChI is InChI=1S/C11H9NO2/c12-6-8-2-1-3-10-9(7-13)4-5-14-11(8)10/h1-3,7,9H,4-5H2/t9-/m0/s1. The maximum absolute atomic E-state index is 10.8. The number of benzene rings is 1. The number of carbonyl (C=O) groups excluding carboxylic acids is 1. The number of ether oxygens (including phenoxy) is 1. The van der Waals surface area contributed by atoms with E-state index in [9.17, 15) is 4.79 Å². The van der Waals surface area contributed by atoms with Gasteiger partial charge in [-0.2, -0.15) is 5.26 Å². The summed E-state index contributed by atoms with van der Waals surface area (Å²) in [6, 6.07) is 7.38. The quantitative estimate of drug-likeness (QED) is 0.628. The van der Waals surface area contributed by atoms with E-state index in [1.54, 1.807) is 12.1 Å². The molecular formula is C11H9NO2. The highest BCUT2D eigenvalue weighted by molar-refractivity contribution is 5.67. The van der Waals surface area contributed by atoms with E-state index in [0.29, 0.717) is 24.3 Å². The molecular weight excluding hydrogens is 178 g/mol. The van der Waals surface area contributed by atoms with E-state index in [2.05, 4.69) is 6.07 Å². The minimum Gasteiger partial charge on any atom is -0.492 e. The molecule has 3 nitrogen and oxygen atoms in total. The maximum atomic E-state index is 10.8. The van der Waals surface area contributed by atoms with E-state index in [1.165, 1.54) is 0 Å². The van der Waals surface area contributed by atoms with Crippen LogP contribution in [-0.2, 0) is 4.79 Å². The van der Waals surface area contributed by atoms with Gasteiger partial charge in [-0.15, -0.1) is 0 Å². The van der Waals surface area contributed by atoms with E-state index >= 15 is 0 Å². The van der Waals surface area contributed by atoms with Crippen LogP contribution in [0.2, 0.25) is 0 Å². The average Bonchev–Trinajstić information content (AvgIpc) is 2.27. The summed E-state index contributed by atoms with van der Waals surface area (Å²) in [6.45, 7) is 0.509. The van der Waals surface area contributed by atoms with Gasteiger partial charge in [-0.1, -0.05) is 12.1 Å². The third-order valence-corrected chi connectivity index (χ3v) is 2.40. The zero-order valence-corrected chi connectivity index (χ0v) is 7.56. The molecule has 1 aromatic carbocycles. The smallest absolute Gasteiger partial charge is 0.140 e. The first-order chi connectivity index (χ1) is 6.86. The molecule has 1 aliphatic heterocycles. The van der Waals surface area contributed by atoms with Gasteiger partial charge in [0.2, 0.25) is 0 Å². The molecule has 0 N–H and O–H groups in total. The number of nitrogens with zero attached hydrogens (tertiary/aromatic N) is 1. The Balaban J connectivity index is 2.55. The maximum Gasteiger partial charge on any atom is 0.140 e. The van der Waals surface area contributed by atoms with Crippen LogP contribution in [0.4, 0.5) is 0 Å². The lowest BCUT2D eigenvalue weighted by Crippen LogP contribution is -2.15. The Morgan fingerprint density at radius 2 is 2.43 bits per heavy atom. The number of rotatable bonds is 1. The largest absolute Gasteiger partial charge is 0.492 e. The number of hydrogen-bond donors (Lipinski definition) is 0. The van der Waals surface area contributed by atoms with Crippen molar-refractivity contribution in [3.05, 3.63) is 29.3 Å². The van der Waals surface area contributed by atoms with E-state index in [1.807, 2.05) is 6.07 Å². The van der Waals surface area contributed by atoms with Gasteiger partial charge in [0.15, 0.2) is 0 Å². The summed E-state index contributed by atoms with van der Waals surface area (Å²) < 4.78 is 5.40. The average molecular weight is 187 g/mol. The van der Waals surface area contributed by atoms with Gasteiger partial charge < -0.3 is 9.53 Å². The SMILES string of the molecule is N#Cc1cccc2c1OCC[C@H]2C=O. The molecule has 0 fully saturated rings. The molecule has 0 saturated heterocycles. The van der Waals surface area contributed by atoms with Crippen LogP contribution >= 0.6 is 0 Å². The van der Waals surface area contributed by atoms with Crippen LogP contribution in [-0.4, -0.2) is 12.9 Å². The summed E-state index contributed by atoms with van der Waals surface area (Å²) in [5, 5.41) is 8.83. The minimum atomic E-state index is -0.118. The Hall–Kier alpha value is -1.82. The summed E-state index contributed by atoms with van der Waals surface area (Å²) in [5.74, 6) is 0.463. The lowest BCUT2D eigenvalue weighted by molar-refractivity contribution is -0.109. The monoisotopic (exact) mass is 187 g/mol. The molecule has 3 heteroatoms. The summed E-state index contributed by atoms with van der Waals surface area (Å²) in [6.07, 6.45) is 1.62. The molecule has 0 amide bonds. The van der Waals surface area contributed by atoms with E-state index < -0.39 is 0 Å². The summed E-state index contributed by atoms with van der Waals surface area (Å²) in [4.78, 5) is 10.8. The molecule has 70 valence electrons. The van der Waals surface area contributed by atoms with Gasteiger partial charge >= 0.3 is 0 Å². The van der Waals surface area contributed by atoms with Crippen molar-refractivity contribution in [3.8, 4) is 11.8 Å². The Bertz CT molecular complexity index is 406. The second-order valence-corrected chi connectivity index (χ2v) is 3.22. The predicted molar refractivity (Wildman–Crippen MR) is 50.1 cm³/mol. The molecule has 1 aliphatic rings. The van der Waals surface area contributed by atoms with E-state index in [-0.39, 0.29) is 5.92 Å². The highest BCUT2D eigenvalue weighted by atomic mass is 16.5. The highest BCUT2D eigenvalue weighted by Gasteiger charge is 2.22. The molecule has 1 atom stereocenters. The van der Waals surface area contributed by atoms with Crippen LogP contribution in [0.5, 0.6) is 5.75 Å². The number of hydrogen-bond acceptors (Lipinski definition) is 3. The van der Waals surface area contributed by atoms with Crippen molar-refractivity contribution in [2.45, 2.75) is 12.3 Å². The zero-order valence-electron chi connectivity index (χ0n) is 7.56. The predicted octanol–water partition coefficient (Wildman–Crippen LogP) is 1.62. The molecule has 1 heterocycles. The number of aldehydes is 1. The molecule has 0 radical (unpaired) electrons. The van der Waals surface area contributed by atoms with Gasteiger partial charge in [-0.25, -0.2) is 0 Å².